The molecule has 0 saturated carbocycles. The lowest BCUT2D eigenvalue weighted by molar-refractivity contribution is -0.162. The van der Waals surface area contributed by atoms with E-state index in [0.717, 1.165) is 48.0 Å². The van der Waals surface area contributed by atoms with Crippen molar-refractivity contribution in [1.82, 2.24) is 15.2 Å². The fourth-order valence-electron chi connectivity index (χ4n) is 6.79. The van der Waals surface area contributed by atoms with Crippen LogP contribution in [-0.4, -0.2) is 58.6 Å². The third kappa shape index (κ3) is 4.67. The molecule has 2 amide bonds. The summed E-state index contributed by atoms with van der Waals surface area (Å²) in [6.45, 7) is 4.85. The molecular weight excluding hydrogens is 538 g/mol. The number of likely N-dealkylation sites (tertiary alicyclic amines) is 1. The number of anilines is 2. The zero-order valence-electron chi connectivity index (χ0n) is 24.0. The number of hydrogen-bond donors (Lipinski definition) is 3. The van der Waals surface area contributed by atoms with E-state index in [2.05, 4.69) is 10.6 Å². The zero-order valence-corrected chi connectivity index (χ0v) is 24.0. The van der Waals surface area contributed by atoms with Crippen LogP contribution in [0, 0.1) is 0 Å². The number of aliphatic hydroxyl groups is 1. The molecule has 0 bridgehead atoms. The van der Waals surface area contributed by atoms with Crippen molar-refractivity contribution in [3.8, 4) is 5.75 Å². The van der Waals surface area contributed by atoms with Crippen LogP contribution in [0.1, 0.15) is 56.9 Å². The first-order valence-electron chi connectivity index (χ1n) is 14.4. The van der Waals surface area contributed by atoms with Gasteiger partial charge in [-0.25, -0.2) is 4.79 Å². The second-order valence-corrected chi connectivity index (χ2v) is 11.1. The third-order valence-corrected chi connectivity index (χ3v) is 8.41. The van der Waals surface area contributed by atoms with Gasteiger partial charge >= 0.3 is 12.1 Å². The average molecular weight is 574 g/mol. The SMILES string of the molecule is CC(=O)OC12CCN(C(C)=O)C1N(C(C)O)c1ccc(OC(=O)NCNc3c4c(nc5ccccc35)CCCC4)cc12. The molecule has 0 spiro atoms. The van der Waals surface area contributed by atoms with Crippen molar-refractivity contribution in [3.05, 3.63) is 59.3 Å². The molecule has 11 nitrogen and oxygen atoms in total. The van der Waals surface area contributed by atoms with Gasteiger partial charge in [0.05, 0.1) is 12.2 Å². The highest BCUT2D eigenvalue weighted by atomic mass is 16.6. The molecule has 1 saturated heterocycles. The van der Waals surface area contributed by atoms with Crippen LogP contribution >= 0.6 is 0 Å². The number of nitrogens with one attached hydrogen (secondary N) is 2. The van der Waals surface area contributed by atoms with E-state index in [-0.39, 0.29) is 18.3 Å². The van der Waals surface area contributed by atoms with E-state index >= 15 is 0 Å². The van der Waals surface area contributed by atoms with E-state index < -0.39 is 30.1 Å². The molecule has 42 heavy (non-hydrogen) atoms. The molecule has 0 radical (unpaired) electrons. The standard InChI is InChI=1S/C31H35N5O6/c1-18(37)35-15-14-31(42-20(3)39)24-16-21(12-13-27(24)36(19(2)38)29(31)35)41-30(40)33-17-32-28-22-8-4-6-10-25(22)34-26-11-7-5-9-23(26)28/h4,6,8,10,12-13,16,19,29,38H,5,7,9,11,14-15,17H2,1-3H3,(H,32,34)(H,33,40). The predicted molar refractivity (Wildman–Crippen MR) is 156 cm³/mol. The smallest absolute Gasteiger partial charge is 0.413 e. The van der Waals surface area contributed by atoms with Crippen molar-refractivity contribution in [2.45, 2.75) is 70.9 Å². The van der Waals surface area contributed by atoms with Crippen LogP contribution in [0.25, 0.3) is 10.9 Å². The predicted octanol–water partition coefficient (Wildman–Crippen LogP) is 3.77. The number of esters is 1. The van der Waals surface area contributed by atoms with E-state index in [4.69, 9.17) is 14.5 Å². The molecule has 1 aromatic heterocycles. The first-order valence-corrected chi connectivity index (χ1v) is 14.4. The van der Waals surface area contributed by atoms with Crippen molar-refractivity contribution < 1.29 is 29.0 Å². The molecule has 3 N–H and O–H groups in total. The molecule has 2 aliphatic heterocycles. The first-order chi connectivity index (χ1) is 20.2. The zero-order chi connectivity index (χ0) is 29.6. The molecule has 1 aliphatic carbocycles. The normalized spacial score (nSPS) is 21.3. The van der Waals surface area contributed by atoms with Crippen molar-refractivity contribution in [3.63, 3.8) is 0 Å². The van der Waals surface area contributed by atoms with Crippen molar-refractivity contribution in [2.75, 3.05) is 23.4 Å². The molecule has 3 atom stereocenters. The quantitative estimate of drug-likeness (QED) is 0.298. The lowest BCUT2D eigenvalue weighted by atomic mass is 9.92. The summed E-state index contributed by atoms with van der Waals surface area (Å²) in [5, 5.41) is 17.9. The minimum Gasteiger partial charge on any atom is -0.450 e. The third-order valence-electron chi connectivity index (χ3n) is 8.41. The maximum absolute atomic E-state index is 12.9. The summed E-state index contributed by atoms with van der Waals surface area (Å²) in [6.07, 6.45) is 2.09. The second kappa shape index (κ2) is 10.8. The molecule has 3 heterocycles. The Labute approximate surface area is 243 Å². The Morgan fingerprint density at radius 3 is 2.69 bits per heavy atom. The Morgan fingerprint density at radius 2 is 1.93 bits per heavy atom. The summed E-state index contributed by atoms with van der Waals surface area (Å²) in [6, 6.07) is 13.0. The number of carbonyl (C=O) groups excluding carboxylic acids is 3. The lowest BCUT2D eigenvalue weighted by Gasteiger charge is -2.38. The number of pyridine rings is 1. The van der Waals surface area contributed by atoms with Gasteiger partial charge in [-0.15, -0.1) is 0 Å². The van der Waals surface area contributed by atoms with E-state index in [0.29, 0.717) is 24.2 Å². The van der Waals surface area contributed by atoms with Gasteiger partial charge in [0.15, 0.2) is 11.8 Å². The minimum atomic E-state index is -1.21. The highest BCUT2D eigenvalue weighted by Crippen LogP contribution is 2.54. The van der Waals surface area contributed by atoms with E-state index in [1.54, 1.807) is 34.9 Å². The van der Waals surface area contributed by atoms with Gasteiger partial charge in [0, 0.05) is 54.8 Å². The first kappa shape index (κ1) is 27.8. The summed E-state index contributed by atoms with van der Waals surface area (Å²) in [7, 11) is 0. The van der Waals surface area contributed by atoms with Gasteiger partial charge < -0.3 is 35.0 Å². The van der Waals surface area contributed by atoms with Crippen molar-refractivity contribution >= 4 is 40.2 Å². The van der Waals surface area contributed by atoms with E-state index in [1.165, 1.54) is 19.4 Å². The van der Waals surface area contributed by atoms with Gasteiger partial charge in [-0.2, -0.15) is 0 Å². The summed E-state index contributed by atoms with van der Waals surface area (Å²) in [4.78, 5) is 45.7. The lowest BCUT2D eigenvalue weighted by Crippen LogP contribution is -2.55. The van der Waals surface area contributed by atoms with Crippen molar-refractivity contribution in [2.24, 2.45) is 0 Å². The number of benzene rings is 2. The fourth-order valence-corrected chi connectivity index (χ4v) is 6.79. The second-order valence-electron chi connectivity index (χ2n) is 11.1. The maximum Gasteiger partial charge on any atom is 0.413 e. The largest absolute Gasteiger partial charge is 0.450 e. The van der Waals surface area contributed by atoms with Gasteiger partial charge in [0.25, 0.3) is 0 Å². The van der Waals surface area contributed by atoms with Crippen molar-refractivity contribution in [1.29, 1.82) is 0 Å². The van der Waals surface area contributed by atoms with Gasteiger partial charge in [-0.3, -0.25) is 14.6 Å². The number of aryl methyl sites for hydroxylation is 1. The summed E-state index contributed by atoms with van der Waals surface area (Å²) in [5.41, 5.74) is 4.17. The van der Waals surface area contributed by atoms with Crippen LogP contribution in [-0.2, 0) is 32.8 Å². The minimum absolute atomic E-state index is 0.146. The number of fused-ring (bicyclic) bond motifs is 5. The molecule has 3 aromatic rings. The van der Waals surface area contributed by atoms with Crippen LogP contribution in [0.5, 0.6) is 5.75 Å². The average Bonchev–Trinajstić information content (AvgIpc) is 3.44. The molecule has 220 valence electrons. The summed E-state index contributed by atoms with van der Waals surface area (Å²) >= 11 is 0. The number of para-hydroxylation sites is 1. The maximum atomic E-state index is 12.9. The van der Waals surface area contributed by atoms with Crippen LogP contribution in [0.2, 0.25) is 0 Å². The number of carbonyl (C=O) groups is 3. The number of amides is 2. The van der Waals surface area contributed by atoms with Crippen LogP contribution < -0.4 is 20.3 Å². The Bertz CT molecular complexity index is 1570. The van der Waals surface area contributed by atoms with E-state index in [1.807, 2.05) is 24.3 Å². The molecular formula is C31H35N5O6. The van der Waals surface area contributed by atoms with Crippen LogP contribution in [0.15, 0.2) is 42.5 Å². The number of hydrogen-bond acceptors (Lipinski definition) is 9. The highest BCUT2D eigenvalue weighted by Gasteiger charge is 2.61. The summed E-state index contributed by atoms with van der Waals surface area (Å²) in [5.74, 6) is -0.458. The molecule has 6 rings (SSSR count). The van der Waals surface area contributed by atoms with Gasteiger partial charge in [0.1, 0.15) is 12.0 Å². The number of aliphatic hydroxyl groups excluding tert-OH is 1. The number of nitrogens with zero attached hydrogens (tertiary/aromatic N) is 3. The van der Waals surface area contributed by atoms with Crippen LogP contribution in [0.4, 0.5) is 16.2 Å². The number of ether oxygens (including phenoxy) is 2. The molecule has 3 unspecified atom stereocenters. The highest BCUT2D eigenvalue weighted by molar-refractivity contribution is 5.93. The Balaban J connectivity index is 1.22. The van der Waals surface area contributed by atoms with E-state index in [9.17, 15) is 19.5 Å². The summed E-state index contributed by atoms with van der Waals surface area (Å²) < 4.78 is 11.5. The molecule has 11 heteroatoms. The Kier molecular flexibility index (Phi) is 7.14. The topological polar surface area (TPSA) is 133 Å². The number of rotatable bonds is 6. The monoisotopic (exact) mass is 573 g/mol. The number of aromatic nitrogens is 1. The fraction of sp³-hybridized carbons (Fsp3) is 0.419. The Hall–Kier alpha value is -4.38. The van der Waals surface area contributed by atoms with Crippen LogP contribution in [0.3, 0.4) is 0 Å². The molecule has 3 aliphatic rings. The van der Waals surface area contributed by atoms with Gasteiger partial charge in [-0.05, 0) is 62.4 Å². The molecule has 1 fully saturated rings. The Morgan fingerprint density at radius 1 is 1.14 bits per heavy atom. The molecule has 2 aromatic carbocycles. The van der Waals surface area contributed by atoms with Gasteiger partial charge in [-0.1, -0.05) is 18.2 Å². The van der Waals surface area contributed by atoms with Gasteiger partial charge in [0.2, 0.25) is 5.91 Å².